The second kappa shape index (κ2) is 17.6. The number of thioether (sulfide) groups is 2. The number of nitrogens with one attached hydrogen (secondary N) is 3. The van der Waals surface area contributed by atoms with Gasteiger partial charge in [0, 0.05) is 28.6 Å². The van der Waals surface area contributed by atoms with Crippen molar-refractivity contribution in [3.63, 3.8) is 0 Å². The molecule has 5 unspecified atom stereocenters. The van der Waals surface area contributed by atoms with Gasteiger partial charge < -0.3 is 35.3 Å². The standard InChI is InChI=1S/C24H45N3O6S2/c1-17(33-16-24(2,3)4)12-22(30)27-19(23(31)26-8-10-32-11-9-28)15-35-21-7-6-20(21)34-14-18(13-29)25-5/h13,17-21,25,28H,6-12,14-16H2,1-5H3,(H,26,31)(H,27,30). The number of rotatable bonds is 19. The van der Waals surface area contributed by atoms with E-state index in [1.807, 2.05) is 6.92 Å². The van der Waals surface area contributed by atoms with Gasteiger partial charge in [0.05, 0.1) is 45.0 Å². The molecule has 1 aliphatic carbocycles. The molecule has 0 aliphatic heterocycles. The Bertz CT molecular complexity index is 635. The lowest BCUT2D eigenvalue weighted by Crippen LogP contribution is -2.50. The number of ether oxygens (including phenoxy) is 2. The van der Waals surface area contributed by atoms with Crippen molar-refractivity contribution in [2.24, 2.45) is 5.41 Å². The van der Waals surface area contributed by atoms with Crippen LogP contribution in [0.2, 0.25) is 0 Å². The van der Waals surface area contributed by atoms with Crippen LogP contribution in [0.5, 0.6) is 0 Å². The lowest BCUT2D eigenvalue weighted by atomic mass is 9.98. The van der Waals surface area contributed by atoms with E-state index in [1.54, 1.807) is 30.6 Å². The van der Waals surface area contributed by atoms with Gasteiger partial charge in [-0.15, -0.1) is 0 Å². The summed E-state index contributed by atoms with van der Waals surface area (Å²) in [4.78, 5) is 36.5. The SMILES string of the molecule is CNC(C=O)CSC1CCC1SCC(NC(=O)CC(C)OCC(C)(C)C)C(=O)NCCOCCO. The average molecular weight is 536 g/mol. The van der Waals surface area contributed by atoms with Crippen molar-refractivity contribution < 1.29 is 29.0 Å². The molecule has 0 aromatic heterocycles. The summed E-state index contributed by atoms with van der Waals surface area (Å²) in [6.45, 7) is 9.39. The Morgan fingerprint density at radius 3 is 2.34 bits per heavy atom. The molecule has 1 aliphatic rings. The third kappa shape index (κ3) is 14.5. The number of aldehydes is 1. The van der Waals surface area contributed by atoms with Crippen LogP contribution < -0.4 is 16.0 Å². The molecule has 9 nitrogen and oxygen atoms in total. The Morgan fingerprint density at radius 2 is 1.80 bits per heavy atom. The lowest BCUT2D eigenvalue weighted by Gasteiger charge is -2.37. The Kier molecular flexibility index (Phi) is 16.2. The largest absolute Gasteiger partial charge is 0.394 e. The number of aliphatic hydroxyl groups is 1. The van der Waals surface area contributed by atoms with Gasteiger partial charge in [-0.3, -0.25) is 9.59 Å². The molecule has 0 spiro atoms. The third-order valence-electron chi connectivity index (χ3n) is 5.36. The van der Waals surface area contributed by atoms with Crippen molar-refractivity contribution in [3.8, 4) is 0 Å². The molecule has 1 rings (SSSR count). The molecular formula is C24H45N3O6S2. The van der Waals surface area contributed by atoms with E-state index in [2.05, 4.69) is 36.7 Å². The van der Waals surface area contributed by atoms with E-state index in [-0.39, 0.29) is 49.0 Å². The van der Waals surface area contributed by atoms with Gasteiger partial charge in [0.25, 0.3) is 0 Å². The highest BCUT2D eigenvalue weighted by molar-refractivity contribution is 8.04. The zero-order valence-electron chi connectivity index (χ0n) is 21.8. The summed E-state index contributed by atoms with van der Waals surface area (Å²) < 4.78 is 11.0. The fourth-order valence-electron chi connectivity index (χ4n) is 3.14. The number of likely N-dealkylation sites (N-methyl/N-ethyl adjacent to an activating group) is 1. The molecule has 0 radical (unpaired) electrons. The zero-order valence-corrected chi connectivity index (χ0v) is 23.5. The Labute approximate surface area is 219 Å². The van der Waals surface area contributed by atoms with Crippen LogP contribution in [0.4, 0.5) is 0 Å². The van der Waals surface area contributed by atoms with E-state index >= 15 is 0 Å². The molecule has 0 aromatic carbocycles. The summed E-state index contributed by atoms with van der Waals surface area (Å²) in [6.07, 6.45) is 3.01. The minimum Gasteiger partial charge on any atom is -0.394 e. The molecule has 35 heavy (non-hydrogen) atoms. The first kappa shape index (κ1) is 32.2. The van der Waals surface area contributed by atoms with Crippen LogP contribution >= 0.6 is 23.5 Å². The average Bonchev–Trinajstić information content (AvgIpc) is 2.78. The second-order valence-corrected chi connectivity index (χ2v) is 12.5. The number of hydrogen-bond donors (Lipinski definition) is 4. The van der Waals surface area contributed by atoms with Gasteiger partial charge in [-0.1, -0.05) is 20.8 Å². The number of amides is 2. The summed E-state index contributed by atoms with van der Waals surface area (Å²) in [5, 5.41) is 18.3. The van der Waals surface area contributed by atoms with E-state index in [9.17, 15) is 14.4 Å². The first-order chi connectivity index (χ1) is 16.6. The quantitative estimate of drug-likeness (QED) is 0.143. The molecule has 4 N–H and O–H groups in total. The molecule has 204 valence electrons. The molecule has 1 fully saturated rings. The highest BCUT2D eigenvalue weighted by atomic mass is 32.2. The highest BCUT2D eigenvalue weighted by Gasteiger charge is 2.33. The van der Waals surface area contributed by atoms with Crippen molar-refractivity contribution in [1.82, 2.24) is 16.0 Å². The van der Waals surface area contributed by atoms with Crippen LogP contribution in [0.1, 0.15) is 47.0 Å². The van der Waals surface area contributed by atoms with Crippen LogP contribution in [0, 0.1) is 5.41 Å². The highest BCUT2D eigenvalue weighted by Crippen LogP contribution is 2.40. The fourth-order valence-corrected chi connectivity index (χ4v) is 6.30. The van der Waals surface area contributed by atoms with Gasteiger partial charge in [-0.05, 0) is 32.2 Å². The molecule has 1 saturated carbocycles. The minimum atomic E-state index is -0.661. The summed E-state index contributed by atoms with van der Waals surface area (Å²) in [6, 6.07) is -0.814. The zero-order chi connectivity index (χ0) is 26.3. The van der Waals surface area contributed by atoms with E-state index in [0.717, 1.165) is 24.9 Å². The molecular weight excluding hydrogens is 490 g/mol. The third-order valence-corrected chi connectivity index (χ3v) is 8.59. The van der Waals surface area contributed by atoms with Crippen LogP contribution in [-0.2, 0) is 23.9 Å². The first-order valence-corrected chi connectivity index (χ1v) is 14.4. The van der Waals surface area contributed by atoms with Crippen molar-refractivity contribution in [2.45, 2.75) is 75.6 Å². The molecule has 5 atom stereocenters. The van der Waals surface area contributed by atoms with Crippen molar-refractivity contribution in [2.75, 3.05) is 51.5 Å². The van der Waals surface area contributed by atoms with Gasteiger partial charge in [0.1, 0.15) is 12.3 Å². The first-order valence-electron chi connectivity index (χ1n) is 12.3. The minimum absolute atomic E-state index is 0.0121. The molecule has 2 amide bonds. The second-order valence-electron chi connectivity index (χ2n) is 9.99. The maximum atomic E-state index is 12.8. The van der Waals surface area contributed by atoms with Gasteiger partial charge in [0.15, 0.2) is 0 Å². The van der Waals surface area contributed by atoms with Crippen molar-refractivity contribution >= 4 is 41.6 Å². The maximum Gasteiger partial charge on any atom is 0.243 e. The molecule has 0 saturated heterocycles. The summed E-state index contributed by atoms with van der Waals surface area (Å²) >= 11 is 3.48. The molecule has 11 heteroatoms. The number of hydrogen-bond acceptors (Lipinski definition) is 9. The van der Waals surface area contributed by atoms with Crippen molar-refractivity contribution in [3.05, 3.63) is 0 Å². The van der Waals surface area contributed by atoms with E-state index < -0.39 is 6.04 Å². The van der Waals surface area contributed by atoms with Gasteiger partial charge in [0.2, 0.25) is 11.8 Å². The predicted molar refractivity (Wildman–Crippen MR) is 143 cm³/mol. The smallest absolute Gasteiger partial charge is 0.243 e. The molecule has 0 bridgehead atoms. The van der Waals surface area contributed by atoms with Crippen LogP contribution in [-0.4, -0.2) is 103 Å². The number of aliphatic hydroxyl groups excluding tert-OH is 1. The normalized spacial score (nSPS) is 20.4. The van der Waals surface area contributed by atoms with Crippen LogP contribution in [0.3, 0.4) is 0 Å². The van der Waals surface area contributed by atoms with Crippen LogP contribution in [0.15, 0.2) is 0 Å². The molecule has 0 heterocycles. The number of carbonyl (C=O) groups is 3. The monoisotopic (exact) mass is 535 g/mol. The Morgan fingerprint density at radius 1 is 1.14 bits per heavy atom. The van der Waals surface area contributed by atoms with E-state index in [1.165, 1.54) is 0 Å². The summed E-state index contributed by atoms with van der Waals surface area (Å²) in [5.41, 5.74) is 0.0121. The maximum absolute atomic E-state index is 12.8. The molecule has 0 aromatic rings. The summed E-state index contributed by atoms with van der Waals surface area (Å²) in [7, 11) is 1.78. The fraction of sp³-hybridized carbons (Fsp3) is 0.875. The number of carbonyl (C=O) groups excluding carboxylic acids is 3. The predicted octanol–water partition coefficient (Wildman–Crippen LogP) is 1.22. The van der Waals surface area contributed by atoms with Crippen molar-refractivity contribution in [1.29, 1.82) is 0 Å². The van der Waals surface area contributed by atoms with Gasteiger partial charge >= 0.3 is 0 Å². The van der Waals surface area contributed by atoms with Crippen LogP contribution in [0.25, 0.3) is 0 Å². The lowest BCUT2D eigenvalue weighted by molar-refractivity contribution is -0.130. The van der Waals surface area contributed by atoms with E-state index in [0.29, 0.717) is 36.0 Å². The topological polar surface area (TPSA) is 126 Å². The Hall–Kier alpha value is -0.850. The van der Waals surface area contributed by atoms with Gasteiger partial charge in [-0.2, -0.15) is 23.5 Å². The van der Waals surface area contributed by atoms with Gasteiger partial charge in [-0.25, -0.2) is 0 Å². The Balaban J connectivity index is 2.59. The summed E-state index contributed by atoms with van der Waals surface area (Å²) in [5.74, 6) is 0.729. The van der Waals surface area contributed by atoms with E-state index in [4.69, 9.17) is 14.6 Å².